The summed E-state index contributed by atoms with van der Waals surface area (Å²) in [5, 5.41) is 0.433. The smallest absolute Gasteiger partial charge is 0.251 e. The fourth-order valence-corrected chi connectivity index (χ4v) is 2.02. The highest BCUT2D eigenvalue weighted by Crippen LogP contribution is 2.05. The minimum Gasteiger partial charge on any atom is -0.340 e. The van der Waals surface area contributed by atoms with Gasteiger partial charge in [0.25, 0.3) is 5.56 Å². The normalized spacial score (nSPS) is 10.3. The van der Waals surface area contributed by atoms with Crippen molar-refractivity contribution in [3.63, 3.8) is 0 Å². The van der Waals surface area contributed by atoms with Gasteiger partial charge in [0.05, 0.1) is 5.02 Å². The van der Waals surface area contributed by atoms with Gasteiger partial charge < -0.3 is 9.47 Å². The number of pyridine rings is 1. The van der Waals surface area contributed by atoms with Crippen LogP contribution in [-0.2, 0) is 17.9 Å². The molecule has 0 aliphatic heterocycles. The number of likely N-dealkylation sites (N-methyl/N-ethyl adjacent to an activating group) is 1. The topological polar surface area (TPSA) is 42.3 Å². The number of aromatic nitrogens is 1. The number of amides is 1. The maximum atomic E-state index is 12.1. The molecule has 0 unspecified atom stereocenters. The van der Waals surface area contributed by atoms with Crippen LogP contribution in [0.1, 0.15) is 5.56 Å². The van der Waals surface area contributed by atoms with Gasteiger partial charge in [-0.25, -0.2) is 0 Å². The molecule has 1 aromatic carbocycles. The minimum absolute atomic E-state index is 0.0112. The highest BCUT2D eigenvalue weighted by Gasteiger charge is 2.11. The van der Waals surface area contributed by atoms with E-state index in [2.05, 4.69) is 0 Å². The van der Waals surface area contributed by atoms with Gasteiger partial charge in [0.15, 0.2) is 0 Å². The van der Waals surface area contributed by atoms with Gasteiger partial charge in [0.1, 0.15) is 6.54 Å². The van der Waals surface area contributed by atoms with Gasteiger partial charge in [-0.1, -0.05) is 41.9 Å². The summed E-state index contributed by atoms with van der Waals surface area (Å²) in [5.74, 6) is -0.141. The lowest BCUT2D eigenvalue weighted by molar-refractivity contribution is -0.131. The van der Waals surface area contributed by atoms with Crippen LogP contribution in [0.5, 0.6) is 0 Å². The van der Waals surface area contributed by atoms with Crippen molar-refractivity contribution in [2.24, 2.45) is 0 Å². The molecule has 0 radical (unpaired) electrons. The molecule has 104 valence electrons. The molecular weight excluding hydrogens is 276 g/mol. The van der Waals surface area contributed by atoms with E-state index in [9.17, 15) is 9.59 Å². The fraction of sp³-hybridized carbons (Fsp3) is 0.200. The zero-order chi connectivity index (χ0) is 14.5. The predicted molar refractivity (Wildman–Crippen MR) is 78.6 cm³/mol. The number of hydrogen-bond acceptors (Lipinski definition) is 2. The summed E-state index contributed by atoms with van der Waals surface area (Å²) < 4.78 is 1.31. The molecule has 2 rings (SSSR count). The van der Waals surface area contributed by atoms with Crippen molar-refractivity contribution < 1.29 is 4.79 Å². The SMILES string of the molecule is CN(Cc1ccccc1)C(=O)Cn1cc(Cl)ccc1=O. The Labute approximate surface area is 122 Å². The van der Waals surface area contributed by atoms with E-state index in [1.165, 1.54) is 22.9 Å². The minimum atomic E-state index is -0.240. The molecule has 0 bridgehead atoms. The largest absolute Gasteiger partial charge is 0.340 e. The van der Waals surface area contributed by atoms with Crippen molar-refractivity contribution >= 4 is 17.5 Å². The van der Waals surface area contributed by atoms with Crippen LogP contribution in [0, 0.1) is 0 Å². The van der Waals surface area contributed by atoms with Crippen molar-refractivity contribution in [3.05, 3.63) is 69.6 Å². The molecule has 0 N–H and O–H groups in total. The van der Waals surface area contributed by atoms with Crippen LogP contribution in [-0.4, -0.2) is 22.4 Å². The lowest BCUT2D eigenvalue weighted by Crippen LogP contribution is -2.33. The van der Waals surface area contributed by atoms with Gasteiger partial charge >= 0.3 is 0 Å². The van der Waals surface area contributed by atoms with E-state index >= 15 is 0 Å². The van der Waals surface area contributed by atoms with Crippen molar-refractivity contribution in [2.75, 3.05) is 7.05 Å². The van der Waals surface area contributed by atoms with Crippen molar-refractivity contribution in [2.45, 2.75) is 13.1 Å². The Hall–Kier alpha value is -2.07. The van der Waals surface area contributed by atoms with Crippen LogP contribution in [0.25, 0.3) is 0 Å². The van der Waals surface area contributed by atoms with Gasteiger partial charge in [0, 0.05) is 25.9 Å². The van der Waals surface area contributed by atoms with E-state index in [0.29, 0.717) is 11.6 Å². The molecule has 1 aromatic heterocycles. The maximum Gasteiger partial charge on any atom is 0.251 e. The Morgan fingerprint density at radius 1 is 1.20 bits per heavy atom. The summed E-state index contributed by atoms with van der Waals surface area (Å²) in [6.45, 7) is 0.498. The van der Waals surface area contributed by atoms with Gasteiger partial charge in [-0.05, 0) is 11.6 Å². The molecule has 0 aliphatic rings. The van der Waals surface area contributed by atoms with E-state index in [1.54, 1.807) is 11.9 Å². The summed E-state index contributed by atoms with van der Waals surface area (Å²) >= 11 is 5.82. The third-order valence-corrected chi connectivity index (χ3v) is 3.16. The number of halogens is 1. The monoisotopic (exact) mass is 290 g/mol. The van der Waals surface area contributed by atoms with Crippen LogP contribution in [0.3, 0.4) is 0 Å². The fourth-order valence-electron chi connectivity index (χ4n) is 1.84. The molecule has 1 heterocycles. The molecule has 0 saturated carbocycles. The Balaban J connectivity index is 2.04. The lowest BCUT2D eigenvalue weighted by atomic mass is 10.2. The molecule has 20 heavy (non-hydrogen) atoms. The molecule has 4 nitrogen and oxygen atoms in total. The van der Waals surface area contributed by atoms with E-state index < -0.39 is 0 Å². The summed E-state index contributed by atoms with van der Waals surface area (Å²) in [7, 11) is 1.71. The number of carbonyl (C=O) groups is 1. The van der Waals surface area contributed by atoms with Crippen molar-refractivity contribution in [1.29, 1.82) is 0 Å². The van der Waals surface area contributed by atoms with Crippen molar-refractivity contribution in [3.8, 4) is 0 Å². The average Bonchev–Trinajstić information content (AvgIpc) is 2.44. The zero-order valence-corrected chi connectivity index (χ0v) is 11.9. The Bertz CT molecular complexity index is 652. The first kappa shape index (κ1) is 14.3. The number of hydrogen-bond donors (Lipinski definition) is 0. The zero-order valence-electron chi connectivity index (χ0n) is 11.1. The lowest BCUT2D eigenvalue weighted by Gasteiger charge is -2.18. The Morgan fingerprint density at radius 2 is 1.90 bits per heavy atom. The Morgan fingerprint density at radius 3 is 2.60 bits per heavy atom. The molecule has 0 saturated heterocycles. The second-order valence-corrected chi connectivity index (χ2v) is 4.99. The van der Waals surface area contributed by atoms with Gasteiger partial charge in [0.2, 0.25) is 5.91 Å². The highest BCUT2D eigenvalue weighted by atomic mass is 35.5. The molecular formula is C15H15ClN2O2. The van der Waals surface area contributed by atoms with Gasteiger partial charge in [-0.2, -0.15) is 0 Å². The molecule has 0 atom stereocenters. The molecule has 1 amide bonds. The summed E-state index contributed by atoms with van der Waals surface area (Å²) in [6, 6.07) is 12.6. The molecule has 0 aliphatic carbocycles. The second kappa shape index (κ2) is 6.39. The number of rotatable bonds is 4. The van der Waals surface area contributed by atoms with E-state index in [1.807, 2.05) is 30.3 Å². The van der Waals surface area contributed by atoms with Gasteiger partial charge in [-0.15, -0.1) is 0 Å². The molecule has 0 spiro atoms. The third-order valence-electron chi connectivity index (χ3n) is 2.94. The van der Waals surface area contributed by atoms with E-state index in [0.717, 1.165) is 5.56 Å². The number of nitrogens with zero attached hydrogens (tertiary/aromatic N) is 2. The van der Waals surface area contributed by atoms with Crippen LogP contribution >= 0.6 is 11.6 Å². The maximum absolute atomic E-state index is 12.1. The summed E-state index contributed by atoms with van der Waals surface area (Å²) in [6.07, 6.45) is 1.47. The number of carbonyl (C=O) groups excluding carboxylic acids is 1. The Kier molecular flexibility index (Phi) is 4.58. The first-order valence-corrected chi connectivity index (χ1v) is 6.58. The van der Waals surface area contributed by atoms with Crippen LogP contribution in [0.15, 0.2) is 53.5 Å². The van der Waals surface area contributed by atoms with Crippen molar-refractivity contribution in [1.82, 2.24) is 9.47 Å². The number of benzene rings is 1. The first-order chi connectivity index (χ1) is 9.56. The van der Waals surface area contributed by atoms with Crippen LogP contribution in [0.2, 0.25) is 5.02 Å². The predicted octanol–water partition coefficient (Wildman–Crippen LogP) is 2.16. The third kappa shape index (κ3) is 3.71. The van der Waals surface area contributed by atoms with Gasteiger partial charge in [-0.3, -0.25) is 9.59 Å². The molecule has 2 aromatic rings. The molecule has 0 fully saturated rings. The van der Waals surface area contributed by atoms with Crippen LogP contribution in [0.4, 0.5) is 0 Å². The second-order valence-electron chi connectivity index (χ2n) is 4.55. The molecule has 5 heteroatoms. The summed E-state index contributed by atoms with van der Waals surface area (Å²) in [5.41, 5.74) is 0.803. The van der Waals surface area contributed by atoms with E-state index in [-0.39, 0.29) is 18.0 Å². The highest BCUT2D eigenvalue weighted by molar-refractivity contribution is 6.30. The summed E-state index contributed by atoms with van der Waals surface area (Å²) in [4.78, 5) is 25.3. The average molecular weight is 291 g/mol. The first-order valence-electron chi connectivity index (χ1n) is 6.20. The van der Waals surface area contributed by atoms with Crippen LogP contribution < -0.4 is 5.56 Å². The standard InChI is InChI=1S/C15H15ClN2O2/c1-17(9-12-5-3-2-4-6-12)15(20)11-18-10-13(16)7-8-14(18)19/h2-8,10H,9,11H2,1H3. The quantitative estimate of drug-likeness (QED) is 0.866. The van der Waals surface area contributed by atoms with E-state index in [4.69, 9.17) is 11.6 Å².